The van der Waals surface area contributed by atoms with Gasteiger partial charge in [0.2, 0.25) is 5.91 Å². The van der Waals surface area contributed by atoms with Crippen molar-refractivity contribution in [1.82, 2.24) is 9.97 Å². The lowest BCUT2D eigenvalue weighted by Crippen LogP contribution is -2.14. The maximum Gasteiger partial charge on any atom is 0.234 e. The molecule has 0 unspecified atom stereocenters. The summed E-state index contributed by atoms with van der Waals surface area (Å²) in [5.74, 6) is 0.200. The number of nitriles is 1. The van der Waals surface area contributed by atoms with Crippen LogP contribution in [0.4, 0.5) is 5.69 Å². The molecular formula is C16H12N4O2S. The Labute approximate surface area is 136 Å². The van der Waals surface area contributed by atoms with E-state index in [0.29, 0.717) is 16.4 Å². The number of H-pyrrole nitrogens is 1. The van der Waals surface area contributed by atoms with Crippen LogP contribution < -0.4 is 5.32 Å². The molecule has 0 aliphatic carbocycles. The van der Waals surface area contributed by atoms with E-state index in [9.17, 15) is 9.90 Å². The van der Waals surface area contributed by atoms with Gasteiger partial charge in [0.15, 0.2) is 5.16 Å². The average Bonchev–Trinajstić information content (AvgIpc) is 2.95. The lowest BCUT2D eigenvalue weighted by atomic mass is 10.2. The summed E-state index contributed by atoms with van der Waals surface area (Å²) in [6, 6.07) is 13.6. The molecule has 0 aliphatic heterocycles. The molecule has 2 aromatic carbocycles. The number of anilines is 1. The summed E-state index contributed by atoms with van der Waals surface area (Å²) in [5.41, 5.74) is 2.64. The maximum atomic E-state index is 11.9. The number of hydrogen-bond acceptors (Lipinski definition) is 5. The van der Waals surface area contributed by atoms with E-state index in [1.165, 1.54) is 11.8 Å². The minimum atomic E-state index is -0.164. The second kappa shape index (κ2) is 6.42. The summed E-state index contributed by atoms with van der Waals surface area (Å²) < 4.78 is 0. The molecule has 0 spiro atoms. The molecule has 0 aliphatic rings. The van der Waals surface area contributed by atoms with Crippen LogP contribution in [0, 0.1) is 11.3 Å². The third-order valence-corrected chi connectivity index (χ3v) is 3.95. The molecular weight excluding hydrogens is 312 g/mol. The van der Waals surface area contributed by atoms with Crippen LogP contribution in [-0.4, -0.2) is 26.7 Å². The smallest absolute Gasteiger partial charge is 0.234 e. The van der Waals surface area contributed by atoms with E-state index in [2.05, 4.69) is 15.3 Å². The molecule has 0 fully saturated rings. The largest absolute Gasteiger partial charge is 0.508 e. The fourth-order valence-electron chi connectivity index (χ4n) is 2.00. The third kappa shape index (κ3) is 3.62. The first-order valence-corrected chi connectivity index (χ1v) is 7.74. The van der Waals surface area contributed by atoms with Crippen molar-refractivity contribution in [3.8, 4) is 11.8 Å². The Balaban J connectivity index is 1.60. The van der Waals surface area contributed by atoms with Crippen molar-refractivity contribution in [1.29, 1.82) is 5.26 Å². The molecule has 0 saturated carbocycles. The summed E-state index contributed by atoms with van der Waals surface area (Å²) in [6.07, 6.45) is 0. The summed E-state index contributed by atoms with van der Waals surface area (Å²) in [5, 5.41) is 21.5. The Morgan fingerprint density at radius 1 is 1.30 bits per heavy atom. The predicted molar refractivity (Wildman–Crippen MR) is 88.3 cm³/mol. The number of fused-ring (bicyclic) bond motifs is 1. The molecule has 1 amide bonds. The number of carbonyl (C=O) groups excluding carboxylic acids is 1. The van der Waals surface area contributed by atoms with Gasteiger partial charge < -0.3 is 15.4 Å². The molecule has 0 radical (unpaired) electrons. The molecule has 3 rings (SSSR count). The summed E-state index contributed by atoms with van der Waals surface area (Å²) in [7, 11) is 0. The number of hydrogen-bond donors (Lipinski definition) is 3. The van der Waals surface area contributed by atoms with Crippen LogP contribution in [0.15, 0.2) is 47.6 Å². The van der Waals surface area contributed by atoms with Gasteiger partial charge in [-0.05, 0) is 36.4 Å². The number of imidazole rings is 1. The van der Waals surface area contributed by atoms with E-state index in [0.717, 1.165) is 11.0 Å². The predicted octanol–water partition coefficient (Wildman–Crippen LogP) is 2.87. The highest BCUT2D eigenvalue weighted by Gasteiger charge is 2.08. The van der Waals surface area contributed by atoms with E-state index in [1.54, 1.807) is 42.5 Å². The fraction of sp³-hybridized carbons (Fsp3) is 0.0625. The number of carbonyl (C=O) groups is 1. The van der Waals surface area contributed by atoms with Gasteiger partial charge in [0.25, 0.3) is 0 Å². The molecule has 1 heterocycles. The van der Waals surface area contributed by atoms with Crippen LogP contribution >= 0.6 is 11.8 Å². The number of aromatic hydroxyl groups is 1. The van der Waals surface area contributed by atoms with Gasteiger partial charge in [-0.1, -0.05) is 11.8 Å². The van der Waals surface area contributed by atoms with Gasteiger partial charge >= 0.3 is 0 Å². The Morgan fingerprint density at radius 2 is 2.09 bits per heavy atom. The molecule has 7 heteroatoms. The number of aromatic amines is 1. The minimum absolute atomic E-state index is 0.163. The van der Waals surface area contributed by atoms with Crippen LogP contribution in [0.2, 0.25) is 0 Å². The van der Waals surface area contributed by atoms with Gasteiger partial charge in [0, 0.05) is 11.8 Å². The first-order chi connectivity index (χ1) is 11.1. The van der Waals surface area contributed by atoms with E-state index >= 15 is 0 Å². The van der Waals surface area contributed by atoms with Crippen LogP contribution in [0.5, 0.6) is 5.75 Å². The monoisotopic (exact) mass is 324 g/mol. The second-order valence-corrected chi connectivity index (χ2v) is 5.73. The maximum absolute atomic E-state index is 11.9. The number of rotatable bonds is 4. The quantitative estimate of drug-likeness (QED) is 0.641. The van der Waals surface area contributed by atoms with Crippen LogP contribution in [0.3, 0.4) is 0 Å². The molecule has 3 aromatic rings. The number of nitrogens with one attached hydrogen (secondary N) is 2. The number of aromatic nitrogens is 2. The molecule has 0 atom stereocenters. The molecule has 114 valence electrons. The third-order valence-electron chi connectivity index (χ3n) is 3.08. The van der Waals surface area contributed by atoms with Gasteiger partial charge in [-0.15, -0.1) is 0 Å². The Morgan fingerprint density at radius 3 is 2.83 bits per heavy atom. The van der Waals surface area contributed by atoms with Gasteiger partial charge in [0.05, 0.1) is 28.4 Å². The molecule has 23 heavy (non-hydrogen) atoms. The number of nitrogens with zero attached hydrogens (tertiary/aromatic N) is 2. The molecule has 6 nitrogen and oxygen atoms in total. The lowest BCUT2D eigenvalue weighted by molar-refractivity contribution is -0.113. The average molecular weight is 324 g/mol. The standard InChI is InChI=1S/C16H12N4O2S/c17-8-10-1-3-11(4-2-10)18-15(22)9-23-16-19-13-6-5-12(21)7-14(13)20-16/h1-7,21H,9H2,(H,18,22)(H,19,20). The van der Waals surface area contributed by atoms with Crippen molar-refractivity contribution in [2.24, 2.45) is 0 Å². The highest BCUT2D eigenvalue weighted by molar-refractivity contribution is 7.99. The van der Waals surface area contributed by atoms with Crippen LogP contribution in [0.1, 0.15) is 5.56 Å². The zero-order chi connectivity index (χ0) is 16.2. The number of amides is 1. The highest BCUT2D eigenvalue weighted by atomic mass is 32.2. The summed E-state index contributed by atoms with van der Waals surface area (Å²) in [6.45, 7) is 0. The van der Waals surface area contributed by atoms with Crippen molar-refractivity contribution in [3.05, 3.63) is 48.0 Å². The minimum Gasteiger partial charge on any atom is -0.508 e. The SMILES string of the molecule is N#Cc1ccc(NC(=O)CSc2nc3ccc(O)cc3[nH]2)cc1. The van der Waals surface area contributed by atoms with Crippen molar-refractivity contribution in [2.75, 3.05) is 11.1 Å². The second-order valence-electron chi connectivity index (χ2n) is 4.77. The zero-order valence-corrected chi connectivity index (χ0v) is 12.7. The van der Waals surface area contributed by atoms with Crippen molar-refractivity contribution < 1.29 is 9.90 Å². The van der Waals surface area contributed by atoms with E-state index in [-0.39, 0.29) is 17.4 Å². The summed E-state index contributed by atoms with van der Waals surface area (Å²) in [4.78, 5) is 19.3. The number of phenols is 1. The van der Waals surface area contributed by atoms with Crippen LogP contribution in [-0.2, 0) is 4.79 Å². The first kappa shape index (κ1) is 14.9. The van der Waals surface area contributed by atoms with E-state index in [4.69, 9.17) is 5.26 Å². The Kier molecular flexibility index (Phi) is 4.17. The Bertz CT molecular complexity index is 897. The topological polar surface area (TPSA) is 102 Å². The van der Waals surface area contributed by atoms with Gasteiger partial charge in [-0.25, -0.2) is 4.98 Å². The molecule has 0 bridgehead atoms. The van der Waals surface area contributed by atoms with Gasteiger partial charge in [-0.3, -0.25) is 4.79 Å². The number of benzene rings is 2. The first-order valence-electron chi connectivity index (χ1n) is 6.75. The highest BCUT2D eigenvalue weighted by Crippen LogP contribution is 2.22. The number of thioether (sulfide) groups is 1. The molecule has 1 aromatic heterocycles. The van der Waals surface area contributed by atoms with Crippen LogP contribution in [0.25, 0.3) is 11.0 Å². The zero-order valence-electron chi connectivity index (χ0n) is 11.9. The van der Waals surface area contributed by atoms with Gasteiger partial charge in [0.1, 0.15) is 5.75 Å². The molecule has 0 saturated heterocycles. The normalized spacial score (nSPS) is 10.4. The fourth-order valence-corrected chi connectivity index (χ4v) is 2.69. The van der Waals surface area contributed by atoms with Crippen molar-refractivity contribution in [3.63, 3.8) is 0 Å². The lowest BCUT2D eigenvalue weighted by Gasteiger charge is -2.03. The van der Waals surface area contributed by atoms with Crippen molar-refractivity contribution in [2.45, 2.75) is 5.16 Å². The summed E-state index contributed by atoms with van der Waals surface area (Å²) >= 11 is 1.27. The van der Waals surface area contributed by atoms with E-state index < -0.39 is 0 Å². The number of phenolic OH excluding ortho intramolecular Hbond substituents is 1. The van der Waals surface area contributed by atoms with Crippen molar-refractivity contribution >= 4 is 34.4 Å². The van der Waals surface area contributed by atoms with E-state index in [1.807, 2.05) is 6.07 Å². The Hall–Kier alpha value is -2.98. The van der Waals surface area contributed by atoms with Gasteiger partial charge in [-0.2, -0.15) is 5.26 Å². The molecule has 3 N–H and O–H groups in total.